The Bertz CT molecular complexity index is 745. The zero-order valence-electron chi connectivity index (χ0n) is 14.5. The second-order valence-corrected chi connectivity index (χ2v) is 6.06. The van der Waals surface area contributed by atoms with Gasteiger partial charge in [0.1, 0.15) is 11.7 Å². The highest BCUT2D eigenvalue weighted by atomic mass is 16.5. The first-order valence-electron chi connectivity index (χ1n) is 8.65. The first-order valence-corrected chi connectivity index (χ1v) is 8.65. The minimum Gasteiger partial charge on any atom is -0.378 e. The molecule has 0 aliphatic carbocycles. The third-order valence-corrected chi connectivity index (χ3v) is 4.40. The Hall–Kier alpha value is -2.93. The third-order valence-electron chi connectivity index (χ3n) is 4.40. The van der Waals surface area contributed by atoms with Gasteiger partial charge in [-0.25, -0.2) is 0 Å². The summed E-state index contributed by atoms with van der Waals surface area (Å²) in [6.07, 6.45) is -0.778. The molecular weight excluding hydrogens is 322 g/mol. The molecule has 1 unspecified atom stereocenters. The van der Waals surface area contributed by atoms with Crippen molar-refractivity contribution in [3.63, 3.8) is 0 Å². The van der Waals surface area contributed by atoms with Gasteiger partial charge in [0, 0.05) is 6.42 Å². The summed E-state index contributed by atoms with van der Waals surface area (Å²) in [6.45, 7) is 0.257. The number of aliphatic hydroxyl groups excluding tert-OH is 1. The quantitative estimate of drug-likeness (QED) is 0.515. The van der Waals surface area contributed by atoms with Crippen LogP contribution in [0.3, 0.4) is 0 Å². The van der Waals surface area contributed by atoms with E-state index in [1.54, 1.807) is 0 Å². The maximum atomic E-state index is 9.63. The normalized spacial score (nSPS) is 12.3. The van der Waals surface area contributed by atoms with Gasteiger partial charge in [0.15, 0.2) is 0 Å². The molecule has 0 saturated heterocycles. The fourth-order valence-electron chi connectivity index (χ4n) is 3.16. The molecule has 0 spiro atoms. The van der Waals surface area contributed by atoms with Crippen molar-refractivity contribution in [2.75, 3.05) is 6.61 Å². The fourth-order valence-corrected chi connectivity index (χ4v) is 3.16. The van der Waals surface area contributed by atoms with E-state index in [1.807, 2.05) is 97.1 Å². The fraction of sp³-hybridized carbons (Fsp3) is 0.174. The standard InChI is InChI=1S/C23H21NO2/c24-18-22(25)16-17-26-23(19-10-4-1-5-11-19,20-12-6-2-7-13-20)21-14-8-3-9-15-21/h1-15,22,25H,16-17H2. The summed E-state index contributed by atoms with van der Waals surface area (Å²) < 4.78 is 6.45. The van der Waals surface area contributed by atoms with Gasteiger partial charge in [0.05, 0.1) is 12.7 Å². The van der Waals surface area contributed by atoms with E-state index >= 15 is 0 Å². The predicted octanol–water partition coefficient (Wildman–Crippen LogP) is 4.27. The van der Waals surface area contributed by atoms with Crippen molar-refractivity contribution in [3.8, 4) is 6.07 Å². The summed E-state index contributed by atoms with van der Waals surface area (Å²) in [4.78, 5) is 0. The minimum atomic E-state index is -1.03. The molecule has 130 valence electrons. The van der Waals surface area contributed by atoms with Crippen LogP contribution >= 0.6 is 0 Å². The summed E-state index contributed by atoms with van der Waals surface area (Å²) in [5, 5.41) is 18.5. The van der Waals surface area contributed by atoms with Crippen molar-refractivity contribution >= 4 is 0 Å². The Kier molecular flexibility index (Phi) is 5.80. The number of aliphatic hydroxyl groups is 1. The summed E-state index contributed by atoms with van der Waals surface area (Å²) in [5.41, 5.74) is 2.20. The lowest BCUT2D eigenvalue weighted by Gasteiger charge is -2.36. The molecular formula is C23H21NO2. The average Bonchev–Trinajstić information content (AvgIpc) is 2.73. The van der Waals surface area contributed by atoms with Gasteiger partial charge in [-0.2, -0.15) is 5.26 Å². The molecule has 0 heterocycles. The summed E-state index contributed by atoms with van der Waals surface area (Å²) >= 11 is 0. The molecule has 0 radical (unpaired) electrons. The van der Waals surface area contributed by atoms with Crippen LogP contribution in [0.5, 0.6) is 0 Å². The molecule has 3 heteroatoms. The Morgan fingerprint density at radius 3 is 1.50 bits per heavy atom. The molecule has 3 nitrogen and oxygen atoms in total. The van der Waals surface area contributed by atoms with E-state index in [0.717, 1.165) is 16.7 Å². The Balaban J connectivity index is 2.13. The van der Waals surface area contributed by atoms with E-state index in [2.05, 4.69) is 0 Å². The SMILES string of the molecule is N#CC(O)CCOC(c1ccccc1)(c1ccccc1)c1ccccc1. The summed E-state index contributed by atoms with van der Waals surface area (Å²) in [6, 6.07) is 32.0. The number of nitrogens with zero attached hydrogens (tertiary/aromatic N) is 1. The molecule has 0 fully saturated rings. The Labute approximate surface area is 154 Å². The summed E-state index contributed by atoms with van der Waals surface area (Å²) in [7, 11) is 0. The number of hydrogen-bond donors (Lipinski definition) is 1. The van der Waals surface area contributed by atoms with Gasteiger partial charge in [-0.1, -0.05) is 91.0 Å². The maximum Gasteiger partial charge on any atom is 0.143 e. The van der Waals surface area contributed by atoms with Gasteiger partial charge in [0.2, 0.25) is 0 Å². The van der Waals surface area contributed by atoms with Crippen LogP contribution in [-0.2, 0) is 10.3 Å². The molecule has 0 aliphatic heterocycles. The molecule has 0 aliphatic rings. The lowest BCUT2D eigenvalue weighted by Crippen LogP contribution is -2.33. The first kappa shape index (κ1) is 17.9. The van der Waals surface area contributed by atoms with E-state index in [4.69, 9.17) is 10.00 Å². The van der Waals surface area contributed by atoms with Crippen LogP contribution < -0.4 is 0 Å². The van der Waals surface area contributed by atoms with Crippen LogP contribution in [0.1, 0.15) is 23.1 Å². The van der Waals surface area contributed by atoms with Crippen molar-refractivity contribution in [2.24, 2.45) is 0 Å². The summed E-state index contributed by atoms with van der Waals surface area (Å²) in [5.74, 6) is 0. The highest BCUT2D eigenvalue weighted by Crippen LogP contribution is 2.40. The highest BCUT2D eigenvalue weighted by Gasteiger charge is 2.37. The molecule has 0 aromatic heterocycles. The zero-order valence-corrected chi connectivity index (χ0v) is 14.5. The van der Waals surface area contributed by atoms with Crippen LogP contribution in [-0.4, -0.2) is 17.8 Å². The average molecular weight is 343 g/mol. The van der Waals surface area contributed by atoms with Gasteiger partial charge in [-0.15, -0.1) is 0 Å². The molecule has 3 rings (SSSR count). The number of nitriles is 1. The first-order chi connectivity index (χ1) is 12.8. The van der Waals surface area contributed by atoms with E-state index in [-0.39, 0.29) is 13.0 Å². The number of hydrogen-bond acceptors (Lipinski definition) is 3. The molecule has 0 bridgehead atoms. The molecule has 26 heavy (non-hydrogen) atoms. The van der Waals surface area contributed by atoms with Crippen LogP contribution in [0.4, 0.5) is 0 Å². The van der Waals surface area contributed by atoms with Gasteiger partial charge in [0.25, 0.3) is 0 Å². The monoisotopic (exact) mass is 343 g/mol. The van der Waals surface area contributed by atoms with Crippen molar-refractivity contribution in [3.05, 3.63) is 108 Å². The van der Waals surface area contributed by atoms with E-state index in [0.29, 0.717) is 0 Å². The van der Waals surface area contributed by atoms with Crippen LogP contribution in [0.25, 0.3) is 0 Å². The molecule has 1 atom stereocenters. The molecule has 0 saturated carbocycles. The maximum absolute atomic E-state index is 9.63. The topological polar surface area (TPSA) is 53.2 Å². The number of ether oxygens (including phenoxy) is 1. The zero-order chi connectivity index (χ0) is 18.2. The van der Waals surface area contributed by atoms with Gasteiger partial charge in [-0.05, 0) is 16.7 Å². The second kappa shape index (κ2) is 8.44. The van der Waals surface area contributed by atoms with E-state index in [1.165, 1.54) is 0 Å². The molecule has 1 N–H and O–H groups in total. The second-order valence-electron chi connectivity index (χ2n) is 6.06. The van der Waals surface area contributed by atoms with Crippen LogP contribution in [0.15, 0.2) is 91.0 Å². The van der Waals surface area contributed by atoms with Crippen LogP contribution in [0, 0.1) is 11.3 Å². The van der Waals surface area contributed by atoms with Crippen molar-refractivity contribution in [1.82, 2.24) is 0 Å². The molecule has 3 aromatic rings. The predicted molar refractivity (Wildman–Crippen MR) is 101 cm³/mol. The third kappa shape index (κ3) is 3.67. The van der Waals surface area contributed by atoms with E-state index < -0.39 is 11.7 Å². The lowest BCUT2D eigenvalue weighted by atomic mass is 9.80. The van der Waals surface area contributed by atoms with Crippen molar-refractivity contribution in [1.29, 1.82) is 5.26 Å². The Morgan fingerprint density at radius 1 is 0.769 bits per heavy atom. The molecule has 3 aromatic carbocycles. The number of benzene rings is 3. The largest absolute Gasteiger partial charge is 0.378 e. The van der Waals surface area contributed by atoms with Gasteiger partial charge >= 0.3 is 0 Å². The highest BCUT2D eigenvalue weighted by molar-refractivity contribution is 5.47. The molecule has 0 amide bonds. The smallest absolute Gasteiger partial charge is 0.143 e. The van der Waals surface area contributed by atoms with Crippen molar-refractivity contribution < 1.29 is 9.84 Å². The van der Waals surface area contributed by atoms with Crippen LogP contribution in [0.2, 0.25) is 0 Å². The van der Waals surface area contributed by atoms with E-state index in [9.17, 15) is 5.11 Å². The minimum absolute atomic E-state index is 0.255. The van der Waals surface area contributed by atoms with Gasteiger partial charge in [-0.3, -0.25) is 0 Å². The Morgan fingerprint density at radius 2 is 1.15 bits per heavy atom. The van der Waals surface area contributed by atoms with Crippen molar-refractivity contribution in [2.45, 2.75) is 18.1 Å². The lowest BCUT2D eigenvalue weighted by molar-refractivity contribution is 0.000612. The number of rotatable bonds is 7. The van der Waals surface area contributed by atoms with Gasteiger partial charge < -0.3 is 9.84 Å².